The molecule has 0 atom stereocenters. The molecule has 0 fully saturated rings. The van der Waals surface area contributed by atoms with E-state index in [9.17, 15) is 0 Å². The first-order valence-corrected chi connectivity index (χ1v) is 3.95. The lowest BCUT2D eigenvalue weighted by Crippen LogP contribution is -1.86. The molecule has 56 valence electrons. The fourth-order valence-corrected chi connectivity index (χ4v) is 0.622. The van der Waals surface area contributed by atoms with Gasteiger partial charge in [0.25, 0.3) is 0 Å². The van der Waals surface area contributed by atoms with Crippen molar-refractivity contribution in [1.82, 2.24) is 4.98 Å². The number of hydrogen-bond acceptors (Lipinski definition) is 2. The number of anilines is 1. The van der Waals surface area contributed by atoms with Gasteiger partial charge in [0.2, 0.25) is 0 Å². The zero-order valence-corrected chi connectivity index (χ0v) is 7.72. The van der Waals surface area contributed by atoms with Gasteiger partial charge in [-0.25, -0.2) is 4.98 Å². The Morgan fingerprint density at radius 1 is 1.40 bits per heavy atom. The molecule has 3 heteroatoms. The average Bonchev–Trinajstić information content (AvgIpc) is 2.00. The molecule has 1 rings (SSSR count). The van der Waals surface area contributed by atoms with Crippen LogP contribution in [0, 0.1) is 0 Å². The summed E-state index contributed by atoms with van der Waals surface area (Å²) in [4.78, 5) is 3.81. The third kappa shape index (κ3) is 3.45. The van der Waals surface area contributed by atoms with Crippen LogP contribution in [-0.4, -0.2) is 4.98 Å². The van der Waals surface area contributed by atoms with Crippen LogP contribution in [0.1, 0.15) is 13.8 Å². The van der Waals surface area contributed by atoms with Crippen LogP contribution in [0.25, 0.3) is 0 Å². The standard InChI is InChI=1S/C5H5BrN2.C2H6/c6-4-1-2-5(7)8-3-4;1-2/h1-3H,(H2,7,8);1-2H3. The second-order valence-corrected chi connectivity index (χ2v) is 2.32. The molecule has 1 aromatic heterocycles. The molecular weight excluding hydrogens is 192 g/mol. The molecule has 0 radical (unpaired) electrons. The smallest absolute Gasteiger partial charge is 0.123 e. The highest BCUT2D eigenvalue weighted by Crippen LogP contribution is 2.07. The molecule has 10 heavy (non-hydrogen) atoms. The Hall–Kier alpha value is -0.570. The molecule has 0 saturated carbocycles. The van der Waals surface area contributed by atoms with E-state index in [1.807, 2.05) is 19.9 Å². The molecule has 0 saturated heterocycles. The van der Waals surface area contributed by atoms with Gasteiger partial charge in [0, 0.05) is 10.7 Å². The molecule has 0 unspecified atom stereocenters. The molecule has 0 amide bonds. The van der Waals surface area contributed by atoms with E-state index in [2.05, 4.69) is 20.9 Å². The molecule has 0 aliphatic heterocycles. The van der Waals surface area contributed by atoms with Crippen LogP contribution >= 0.6 is 15.9 Å². The summed E-state index contributed by atoms with van der Waals surface area (Å²) >= 11 is 3.23. The summed E-state index contributed by atoms with van der Waals surface area (Å²) < 4.78 is 0.951. The Bertz CT molecular complexity index is 150. The molecule has 1 heterocycles. The number of nitrogens with zero attached hydrogens (tertiary/aromatic N) is 1. The van der Waals surface area contributed by atoms with Crippen LogP contribution in [0.4, 0.5) is 5.82 Å². The number of rotatable bonds is 0. The number of nitrogens with two attached hydrogens (primary N) is 1. The van der Waals surface area contributed by atoms with E-state index in [0.29, 0.717) is 5.82 Å². The van der Waals surface area contributed by atoms with Crippen molar-refractivity contribution >= 4 is 21.7 Å². The van der Waals surface area contributed by atoms with E-state index in [1.165, 1.54) is 0 Å². The fourth-order valence-electron chi connectivity index (χ4n) is 0.387. The maximum atomic E-state index is 5.29. The summed E-state index contributed by atoms with van der Waals surface area (Å²) in [7, 11) is 0. The number of halogens is 1. The molecule has 2 nitrogen and oxygen atoms in total. The Morgan fingerprint density at radius 2 is 2.00 bits per heavy atom. The van der Waals surface area contributed by atoms with Crippen molar-refractivity contribution in [3.63, 3.8) is 0 Å². The van der Waals surface area contributed by atoms with Gasteiger partial charge in [-0.2, -0.15) is 0 Å². The summed E-state index contributed by atoms with van der Waals surface area (Å²) in [5, 5.41) is 0. The molecule has 0 aliphatic rings. The molecule has 0 bridgehead atoms. The fraction of sp³-hybridized carbons (Fsp3) is 0.286. The zero-order chi connectivity index (χ0) is 7.98. The van der Waals surface area contributed by atoms with Crippen molar-refractivity contribution in [2.24, 2.45) is 0 Å². The van der Waals surface area contributed by atoms with Crippen LogP contribution < -0.4 is 5.73 Å². The minimum Gasteiger partial charge on any atom is -0.384 e. The van der Waals surface area contributed by atoms with Gasteiger partial charge in [0.1, 0.15) is 5.82 Å². The minimum atomic E-state index is 0.549. The van der Waals surface area contributed by atoms with E-state index >= 15 is 0 Å². The van der Waals surface area contributed by atoms with Crippen LogP contribution in [0.15, 0.2) is 22.8 Å². The van der Waals surface area contributed by atoms with Crippen molar-refractivity contribution in [3.8, 4) is 0 Å². The molecule has 0 aromatic carbocycles. The lowest BCUT2D eigenvalue weighted by atomic mass is 10.5. The van der Waals surface area contributed by atoms with Crippen molar-refractivity contribution in [2.75, 3.05) is 5.73 Å². The number of pyridine rings is 1. The second-order valence-electron chi connectivity index (χ2n) is 1.40. The molecular formula is C7H11BrN2. The van der Waals surface area contributed by atoms with Gasteiger partial charge in [-0.05, 0) is 28.1 Å². The summed E-state index contributed by atoms with van der Waals surface area (Å²) in [6.45, 7) is 4.00. The Morgan fingerprint density at radius 3 is 2.30 bits per heavy atom. The number of nitrogen functional groups attached to an aromatic ring is 1. The van der Waals surface area contributed by atoms with Crippen LogP contribution in [-0.2, 0) is 0 Å². The van der Waals surface area contributed by atoms with Crippen molar-refractivity contribution < 1.29 is 0 Å². The van der Waals surface area contributed by atoms with Crippen LogP contribution in [0.2, 0.25) is 0 Å². The van der Waals surface area contributed by atoms with E-state index in [0.717, 1.165) is 4.47 Å². The van der Waals surface area contributed by atoms with Crippen LogP contribution in [0.3, 0.4) is 0 Å². The lowest BCUT2D eigenvalue weighted by Gasteiger charge is -1.88. The first kappa shape index (κ1) is 9.43. The van der Waals surface area contributed by atoms with E-state index < -0.39 is 0 Å². The van der Waals surface area contributed by atoms with Gasteiger partial charge in [0.05, 0.1) is 0 Å². The summed E-state index contributed by atoms with van der Waals surface area (Å²) in [6, 6.07) is 3.59. The van der Waals surface area contributed by atoms with Gasteiger partial charge >= 0.3 is 0 Å². The second kappa shape index (κ2) is 5.23. The SMILES string of the molecule is CC.Nc1ccc(Br)cn1. The Kier molecular flexibility index (Phi) is 4.94. The van der Waals surface area contributed by atoms with Crippen molar-refractivity contribution in [2.45, 2.75) is 13.8 Å². The third-order valence-electron chi connectivity index (χ3n) is 0.750. The average molecular weight is 203 g/mol. The predicted octanol–water partition coefficient (Wildman–Crippen LogP) is 2.45. The van der Waals surface area contributed by atoms with Gasteiger partial charge in [0.15, 0.2) is 0 Å². The van der Waals surface area contributed by atoms with Crippen molar-refractivity contribution in [1.29, 1.82) is 0 Å². The number of hydrogen-bond donors (Lipinski definition) is 1. The highest BCUT2D eigenvalue weighted by molar-refractivity contribution is 9.10. The number of aromatic nitrogens is 1. The van der Waals surface area contributed by atoms with Crippen LogP contribution in [0.5, 0.6) is 0 Å². The molecule has 2 N–H and O–H groups in total. The van der Waals surface area contributed by atoms with Gasteiger partial charge in [-0.1, -0.05) is 13.8 Å². The van der Waals surface area contributed by atoms with Gasteiger partial charge in [-0.3, -0.25) is 0 Å². The largest absolute Gasteiger partial charge is 0.384 e. The lowest BCUT2D eigenvalue weighted by molar-refractivity contribution is 1.32. The summed E-state index contributed by atoms with van der Waals surface area (Å²) in [5.74, 6) is 0.549. The topological polar surface area (TPSA) is 38.9 Å². The van der Waals surface area contributed by atoms with Crippen molar-refractivity contribution in [3.05, 3.63) is 22.8 Å². The van der Waals surface area contributed by atoms with E-state index in [-0.39, 0.29) is 0 Å². The Labute approximate surface area is 69.6 Å². The summed E-state index contributed by atoms with van der Waals surface area (Å²) in [5.41, 5.74) is 5.29. The van der Waals surface area contributed by atoms with E-state index in [4.69, 9.17) is 5.73 Å². The van der Waals surface area contributed by atoms with Gasteiger partial charge in [-0.15, -0.1) is 0 Å². The highest BCUT2D eigenvalue weighted by Gasteiger charge is 1.83. The minimum absolute atomic E-state index is 0.549. The van der Waals surface area contributed by atoms with E-state index in [1.54, 1.807) is 12.3 Å². The zero-order valence-electron chi connectivity index (χ0n) is 6.13. The normalized spacial score (nSPS) is 7.90. The molecule has 1 aromatic rings. The maximum Gasteiger partial charge on any atom is 0.123 e. The first-order valence-electron chi connectivity index (χ1n) is 3.16. The Balaban J connectivity index is 0.000000371. The maximum absolute atomic E-state index is 5.29. The first-order chi connectivity index (χ1) is 4.79. The molecule has 0 spiro atoms. The quantitative estimate of drug-likeness (QED) is 0.703. The monoisotopic (exact) mass is 202 g/mol. The highest BCUT2D eigenvalue weighted by atomic mass is 79.9. The van der Waals surface area contributed by atoms with Gasteiger partial charge < -0.3 is 5.73 Å². The third-order valence-corrected chi connectivity index (χ3v) is 1.22. The predicted molar refractivity (Wildman–Crippen MR) is 47.7 cm³/mol. The molecule has 0 aliphatic carbocycles. The summed E-state index contributed by atoms with van der Waals surface area (Å²) in [6.07, 6.45) is 1.66.